The fourth-order valence-corrected chi connectivity index (χ4v) is 4.43. The molecule has 0 heterocycles. The van der Waals surface area contributed by atoms with E-state index in [9.17, 15) is 12.6 Å². The van der Waals surface area contributed by atoms with E-state index in [1.807, 2.05) is 25.1 Å². The van der Waals surface area contributed by atoms with Gasteiger partial charge in [0.15, 0.2) is 0 Å². The average molecular weight is 346 g/mol. The lowest BCUT2D eigenvalue weighted by Gasteiger charge is -2.07. The zero-order chi connectivity index (χ0) is 16.4. The molecule has 1 atom stereocenters. The monoisotopic (exact) mass is 346 g/mol. The van der Waals surface area contributed by atoms with Crippen LogP contribution in [0.2, 0.25) is 0 Å². The third-order valence-corrected chi connectivity index (χ3v) is 6.75. The Bertz CT molecular complexity index is 977. The molecule has 0 radical (unpaired) electrons. The summed E-state index contributed by atoms with van der Waals surface area (Å²) in [6.45, 7) is 1.90. The molecule has 23 heavy (non-hydrogen) atoms. The molecule has 0 N–H and O–H groups in total. The smallest absolute Gasteiger partial charge is 0.334 e. The van der Waals surface area contributed by atoms with Gasteiger partial charge in [-0.2, -0.15) is 4.21 Å². The van der Waals surface area contributed by atoms with Gasteiger partial charge in [0.2, 0.25) is 0 Å². The zero-order valence-corrected chi connectivity index (χ0v) is 13.9. The van der Waals surface area contributed by atoms with E-state index in [-0.39, 0.29) is 10.6 Å². The number of aryl methyl sites for hydroxylation is 1. The molecule has 118 valence electrons. The van der Waals surface area contributed by atoms with Gasteiger partial charge in [-0.15, -0.1) is 0 Å². The Morgan fingerprint density at radius 2 is 1.52 bits per heavy atom. The van der Waals surface area contributed by atoms with Crippen LogP contribution in [-0.4, -0.2) is 12.6 Å². The van der Waals surface area contributed by atoms with Gasteiger partial charge in [-0.25, -0.2) is 8.42 Å². The molecule has 0 aliphatic carbocycles. The Kier molecular flexibility index (Phi) is 4.19. The topological polar surface area (TPSA) is 60.4 Å². The molecule has 0 bridgehead atoms. The number of hydrogen-bond acceptors (Lipinski definition) is 4. The molecule has 0 aliphatic heterocycles. The molecule has 3 rings (SSSR count). The highest BCUT2D eigenvalue weighted by molar-refractivity contribution is 8.62. The van der Waals surface area contributed by atoms with Crippen molar-refractivity contribution in [3.8, 4) is 5.75 Å². The number of fused-ring (bicyclic) bond motifs is 1. The second kappa shape index (κ2) is 6.14. The molecule has 0 amide bonds. The van der Waals surface area contributed by atoms with Crippen LogP contribution in [0.3, 0.4) is 0 Å². The molecule has 1 unspecified atom stereocenters. The lowest BCUT2D eigenvalue weighted by molar-refractivity contribution is 0.560. The van der Waals surface area contributed by atoms with Crippen LogP contribution in [0.4, 0.5) is 0 Å². The van der Waals surface area contributed by atoms with Crippen molar-refractivity contribution in [3.63, 3.8) is 0 Å². The molecule has 0 spiro atoms. The highest BCUT2D eigenvalue weighted by atomic mass is 33.2. The van der Waals surface area contributed by atoms with E-state index >= 15 is 0 Å². The normalized spacial score (nSPS) is 12.9. The van der Waals surface area contributed by atoms with Crippen LogP contribution in [0, 0.1) is 6.92 Å². The lowest BCUT2D eigenvalue weighted by Crippen LogP contribution is -2.14. The van der Waals surface area contributed by atoms with E-state index in [2.05, 4.69) is 0 Å². The second-order valence-corrected chi connectivity index (χ2v) is 9.15. The highest BCUT2D eigenvalue weighted by Gasteiger charge is 2.26. The summed E-state index contributed by atoms with van der Waals surface area (Å²) in [5.41, 5.74) is 1.00. The Morgan fingerprint density at radius 1 is 0.870 bits per heavy atom. The summed E-state index contributed by atoms with van der Waals surface area (Å²) in [7, 11) is -6.60. The minimum atomic E-state index is -4.09. The van der Waals surface area contributed by atoms with E-state index < -0.39 is 19.0 Å². The van der Waals surface area contributed by atoms with Crippen molar-refractivity contribution in [2.45, 2.75) is 11.8 Å². The van der Waals surface area contributed by atoms with E-state index in [4.69, 9.17) is 4.18 Å². The summed E-state index contributed by atoms with van der Waals surface area (Å²) in [5, 5.41) is 1.68. The van der Waals surface area contributed by atoms with E-state index in [0.29, 0.717) is 0 Å². The van der Waals surface area contributed by atoms with Crippen LogP contribution >= 0.6 is 0 Å². The molecule has 6 heteroatoms. The Labute approximate surface area is 136 Å². The fourth-order valence-electron chi connectivity index (χ4n) is 2.12. The van der Waals surface area contributed by atoms with Crippen molar-refractivity contribution in [2.24, 2.45) is 0 Å². The summed E-state index contributed by atoms with van der Waals surface area (Å²) < 4.78 is 42.1. The van der Waals surface area contributed by atoms with Gasteiger partial charge in [0.25, 0.3) is 8.87 Å². The van der Waals surface area contributed by atoms with Crippen LogP contribution in [0.15, 0.2) is 71.6 Å². The highest BCUT2D eigenvalue weighted by Crippen LogP contribution is 2.23. The molecule has 4 nitrogen and oxygen atoms in total. The molecule has 3 aromatic carbocycles. The molecule has 0 saturated heterocycles. The van der Waals surface area contributed by atoms with Gasteiger partial charge in [0, 0.05) is 0 Å². The quantitative estimate of drug-likeness (QED) is 0.678. The summed E-state index contributed by atoms with van der Waals surface area (Å²) in [4.78, 5) is -0.0263. The number of rotatable bonds is 4. The lowest BCUT2D eigenvalue weighted by atomic mass is 10.1. The van der Waals surface area contributed by atoms with Gasteiger partial charge < -0.3 is 4.18 Å². The van der Waals surface area contributed by atoms with E-state index in [1.165, 1.54) is 12.1 Å². The first-order valence-electron chi connectivity index (χ1n) is 6.88. The minimum absolute atomic E-state index is 0.0263. The summed E-state index contributed by atoms with van der Waals surface area (Å²) in [6.07, 6.45) is 0. The second-order valence-electron chi connectivity index (χ2n) is 5.06. The van der Waals surface area contributed by atoms with Crippen LogP contribution in [0.1, 0.15) is 5.56 Å². The summed E-state index contributed by atoms with van der Waals surface area (Å²) in [5.74, 6) is 0.248. The maximum Gasteiger partial charge on any atom is 0.334 e. The molecule has 0 aliphatic rings. The Morgan fingerprint density at radius 3 is 2.22 bits per heavy atom. The number of hydrogen-bond donors (Lipinski definition) is 0. The largest absolute Gasteiger partial charge is 0.389 e. The van der Waals surface area contributed by atoms with Gasteiger partial charge in [0.05, 0.1) is 4.90 Å². The van der Waals surface area contributed by atoms with Crippen molar-refractivity contribution in [3.05, 3.63) is 72.3 Å². The van der Waals surface area contributed by atoms with Crippen LogP contribution in [0.25, 0.3) is 10.8 Å². The van der Waals surface area contributed by atoms with Crippen LogP contribution < -0.4 is 4.18 Å². The minimum Gasteiger partial charge on any atom is -0.389 e. The maximum atomic E-state index is 12.4. The zero-order valence-electron chi connectivity index (χ0n) is 12.3. The summed E-state index contributed by atoms with van der Waals surface area (Å²) in [6, 6.07) is 18.7. The standard InChI is InChI=1S/C17H14O4S2/c1-13-6-9-16(10-7-13)21-22(18)23(19,20)17-11-8-14-4-2-3-5-15(14)12-17/h2-12H,1H3. The van der Waals surface area contributed by atoms with Gasteiger partial charge in [0.1, 0.15) is 5.75 Å². The third kappa shape index (κ3) is 3.28. The Balaban J connectivity index is 1.92. The summed E-state index contributed by atoms with van der Waals surface area (Å²) >= 11 is 0. The van der Waals surface area contributed by atoms with Gasteiger partial charge in [-0.05, 0) is 42.0 Å². The van der Waals surface area contributed by atoms with E-state index in [0.717, 1.165) is 16.3 Å². The molecule has 0 aromatic heterocycles. The maximum absolute atomic E-state index is 12.4. The SMILES string of the molecule is Cc1ccc(OS(=O)S(=O)(=O)c2ccc3ccccc3c2)cc1. The molecular weight excluding hydrogens is 332 g/mol. The first kappa shape index (κ1) is 15.7. The van der Waals surface area contributed by atoms with Gasteiger partial charge >= 0.3 is 10.1 Å². The van der Waals surface area contributed by atoms with Crippen LogP contribution in [0.5, 0.6) is 5.75 Å². The average Bonchev–Trinajstić information content (AvgIpc) is 2.56. The molecular formula is C17H14O4S2. The van der Waals surface area contributed by atoms with E-state index in [1.54, 1.807) is 36.4 Å². The predicted octanol–water partition coefficient (Wildman–Crippen LogP) is 3.58. The third-order valence-electron chi connectivity index (χ3n) is 3.37. The fraction of sp³-hybridized carbons (Fsp3) is 0.0588. The first-order chi connectivity index (χ1) is 11.0. The van der Waals surface area contributed by atoms with Crippen molar-refractivity contribution in [2.75, 3.05) is 0 Å². The number of benzene rings is 3. The van der Waals surface area contributed by atoms with Crippen molar-refractivity contribution < 1.29 is 16.8 Å². The van der Waals surface area contributed by atoms with Crippen LogP contribution in [-0.2, 0) is 19.0 Å². The van der Waals surface area contributed by atoms with Crippen molar-refractivity contribution in [1.82, 2.24) is 0 Å². The molecule has 0 saturated carbocycles. The van der Waals surface area contributed by atoms with Gasteiger partial charge in [-0.3, -0.25) is 0 Å². The van der Waals surface area contributed by atoms with Gasteiger partial charge in [-0.1, -0.05) is 48.0 Å². The first-order valence-corrected chi connectivity index (χ1v) is 9.95. The Hall–Kier alpha value is -2.18. The predicted molar refractivity (Wildman–Crippen MR) is 91.1 cm³/mol. The molecule has 0 fully saturated rings. The van der Waals surface area contributed by atoms with Crippen molar-refractivity contribution >= 4 is 29.8 Å². The van der Waals surface area contributed by atoms with Crippen molar-refractivity contribution in [1.29, 1.82) is 0 Å². The molecule has 3 aromatic rings.